The van der Waals surface area contributed by atoms with Gasteiger partial charge in [-0.3, -0.25) is 4.79 Å². The van der Waals surface area contributed by atoms with E-state index in [4.69, 9.17) is 4.74 Å². The summed E-state index contributed by atoms with van der Waals surface area (Å²) in [5.41, 5.74) is 1.61. The zero-order chi connectivity index (χ0) is 16.8. The highest BCUT2D eigenvalue weighted by Crippen LogP contribution is 2.28. The SMILES string of the molecule is CCOc1c(C)[nH]c(C(=O)O)c1/C=C/C(=O)Nc1ccccc1. The largest absolute Gasteiger partial charge is 0.491 e. The molecule has 6 nitrogen and oxygen atoms in total. The van der Waals surface area contributed by atoms with Gasteiger partial charge in [0.25, 0.3) is 0 Å². The predicted molar refractivity (Wildman–Crippen MR) is 87.8 cm³/mol. The number of hydrogen-bond acceptors (Lipinski definition) is 3. The maximum absolute atomic E-state index is 11.9. The quantitative estimate of drug-likeness (QED) is 0.715. The summed E-state index contributed by atoms with van der Waals surface area (Å²) in [4.78, 5) is 26.0. The van der Waals surface area contributed by atoms with Gasteiger partial charge in [-0.25, -0.2) is 4.79 Å². The molecule has 0 radical (unpaired) electrons. The van der Waals surface area contributed by atoms with Gasteiger partial charge in [0.05, 0.1) is 12.3 Å². The zero-order valence-corrected chi connectivity index (χ0v) is 12.9. The lowest BCUT2D eigenvalue weighted by molar-refractivity contribution is -0.111. The number of carboxylic acid groups (broad SMARTS) is 1. The fraction of sp³-hybridized carbons (Fsp3) is 0.176. The Morgan fingerprint density at radius 2 is 2.00 bits per heavy atom. The second-order valence-electron chi connectivity index (χ2n) is 4.79. The first-order valence-electron chi connectivity index (χ1n) is 7.15. The number of nitrogens with one attached hydrogen (secondary N) is 2. The Balaban J connectivity index is 2.24. The highest BCUT2D eigenvalue weighted by molar-refractivity contribution is 6.03. The van der Waals surface area contributed by atoms with Gasteiger partial charge in [0, 0.05) is 17.3 Å². The van der Waals surface area contributed by atoms with Crippen LogP contribution in [0.2, 0.25) is 0 Å². The fourth-order valence-corrected chi connectivity index (χ4v) is 2.15. The lowest BCUT2D eigenvalue weighted by atomic mass is 10.2. The highest BCUT2D eigenvalue weighted by atomic mass is 16.5. The number of para-hydroxylation sites is 1. The smallest absolute Gasteiger partial charge is 0.353 e. The number of aromatic amines is 1. The van der Waals surface area contributed by atoms with E-state index in [1.54, 1.807) is 19.1 Å². The van der Waals surface area contributed by atoms with Gasteiger partial charge in [-0.15, -0.1) is 0 Å². The molecule has 6 heteroatoms. The molecule has 0 atom stereocenters. The molecule has 2 aromatic rings. The number of carbonyl (C=O) groups excluding carboxylic acids is 1. The van der Waals surface area contributed by atoms with Crippen molar-refractivity contribution in [1.29, 1.82) is 0 Å². The summed E-state index contributed by atoms with van der Waals surface area (Å²) in [5.74, 6) is -1.02. The van der Waals surface area contributed by atoms with Crippen molar-refractivity contribution in [3.8, 4) is 5.75 Å². The monoisotopic (exact) mass is 314 g/mol. The average molecular weight is 314 g/mol. The number of aromatic carboxylic acids is 1. The molecule has 1 aromatic carbocycles. The van der Waals surface area contributed by atoms with Crippen LogP contribution in [-0.2, 0) is 4.79 Å². The number of rotatable bonds is 6. The Morgan fingerprint density at radius 3 is 2.61 bits per heavy atom. The Hall–Kier alpha value is -3.02. The van der Waals surface area contributed by atoms with Crippen LogP contribution in [0.15, 0.2) is 36.4 Å². The molecule has 0 fully saturated rings. The van der Waals surface area contributed by atoms with Crippen molar-refractivity contribution in [1.82, 2.24) is 4.98 Å². The number of H-pyrrole nitrogens is 1. The molecule has 0 aliphatic rings. The second-order valence-corrected chi connectivity index (χ2v) is 4.79. The molecule has 1 aromatic heterocycles. The molecule has 0 saturated carbocycles. The molecule has 0 saturated heterocycles. The standard InChI is InChI=1S/C17H18N2O4/c1-3-23-16-11(2)18-15(17(21)22)13(16)9-10-14(20)19-12-7-5-4-6-8-12/h4-10,18H,3H2,1-2H3,(H,19,20)(H,21,22)/b10-9+. The number of carbonyl (C=O) groups is 2. The van der Waals surface area contributed by atoms with E-state index in [0.717, 1.165) is 0 Å². The van der Waals surface area contributed by atoms with Crippen LogP contribution in [0.5, 0.6) is 5.75 Å². The first kappa shape index (κ1) is 16.4. The van der Waals surface area contributed by atoms with Gasteiger partial charge >= 0.3 is 5.97 Å². The van der Waals surface area contributed by atoms with Crippen LogP contribution >= 0.6 is 0 Å². The lowest BCUT2D eigenvalue weighted by Crippen LogP contribution is -2.07. The van der Waals surface area contributed by atoms with Crippen molar-refractivity contribution in [3.63, 3.8) is 0 Å². The Morgan fingerprint density at radius 1 is 1.30 bits per heavy atom. The van der Waals surface area contributed by atoms with E-state index in [1.165, 1.54) is 12.2 Å². The van der Waals surface area contributed by atoms with Gasteiger partial charge in [0.1, 0.15) is 11.4 Å². The van der Waals surface area contributed by atoms with Crippen LogP contribution in [0.3, 0.4) is 0 Å². The van der Waals surface area contributed by atoms with Crippen molar-refractivity contribution in [2.45, 2.75) is 13.8 Å². The number of benzene rings is 1. The van der Waals surface area contributed by atoms with Crippen LogP contribution < -0.4 is 10.1 Å². The van der Waals surface area contributed by atoms with E-state index in [1.807, 2.05) is 25.1 Å². The number of anilines is 1. The summed E-state index contributed by atoms with van der Waals surface area (Å²) in [6.45, 7) is 3.93. The molecular formula is C17H18N2O4. The van der Waals surface area contributed by atoms with E-state index in [-0.39, 0.29) is 11.6 Å². The Kier molecular flexibility index (Phi) is 5.19. The number of amides is 1. The third-order valence-corrected chi connectivity index (χ3v) is 3.11. The molecule has 23 heavy (non-hydrogen) atoms. The molecule has 0 unspecified atom stereocenters. The first-order valence-corrected chi connectivity index (χ1v) is 7.15. The minimum Gasteiger partial charge on any atom is -0.491 e. The van der Waals surface area contributed by atoms with Crippen LogP contribution in [0.4, 0.5) is 5.69 Å². The van der Waals surface area contributed by atoms with E-state index >= 15 is 0 Å². The predicted octanol–water partition coefficient (Wildman–Crippen LogP) is 3.07. The molecule has 0 bridgehead atoms. The zero-order valence-electron chi connectivity index (χ0n) is 12.9. The minimum atomic E-state index is -1.11. The van der Waals surface area contributed by atoms with E-state index in [2.05, 4.69) is 10.3 Å². The summed E-state index contributed by atoms with van der Waals surface area (Å²) in [6.07, 6.45) is 2.72. The summed E-state index contributed by atoms with van der Waals surface area (Å²) in [6, 6.07) is 9.00. The molecule has 1 amide bonds. The number of aromatic nitrogens is 1. The first-order chi connectivity index (χ1) is 11.0. The Bertz CT molecular complexity index is 733. The summed E-state index contributed by atoms with van der Waals surface area (Å²) in [7, 11) is 0. The van der Waals surface area contributed by atoms with Gasteiger partial charge in [-0.2, -0.15) is 0 Å². The van der Waals surface area contributed by atoms with Gasteiger partial charge in [-0.1, -0.05) is 18.2 Å². The summed E-state index contributed by atoms with van der Waals surface area (Å²) >= 11 is 0. The van der Waals surface area contributed by atoms with Gasteiger partial charge < -0.3 is 20.1 Å². The van der Waals surface area contributed by atoms with Crippen molar-refractivity contribution in [2.75, 3.05) is 11.9 Å². The van der Waals surface area contributed by atoms with Crippen LogP contribution in [0, 0.1) is 6.92 Å². The topological polar surface area (TPSA) is 91.4 Å². The Labute approximate surface area is 133 Å². The van der Waals surface area contributed by atoms with E-state index < -0.39 is 5.97 Å². The second kappa shape index (κ2) is 7.31. The molecule has 120 valence electrons. The molecular weight excluding hydrogens is 296 g/mol. The van der Waals surface area contributed by atoms with Crippen LogP contribution in [0.1, 0.15) is 28.7 Å². The normalized spacial score (nSPS) is 10.7. The molecule has 2 rings (SSSR count). The van der Waals surface area contributed by atoms with Crippen LogP contribution in [-0.4, -0.2) is 28.6 Å². The number of aryl methyl sites for hydroxylation is 1. The number of ether oxygens (including phenoxy) is 1. The number of hydrogen-bond donors (Lipinski definition) is 3. The molecule has 3 N–H and O–H groups in total. The average Bonchev–Trinajstić information content (AvgIpc) is 2.83. The number of carboxylic acids is 1. The van der Waals surface area contributed by atoms with Crippen molar-refractivity contribution >= 4 is 23.6 Å². The van der Waals surface area contributed by atoms with Gasteiger partial charge in [0.15, 0.2) is 0 Å². The lowest BCUT2D eigenvalue weighted by Gasteiger charge is -2.04. The summed E-state index contributed by atoms with van der Waals surface area (Å²) in [5, 5.41) is 11.9. The third kappa shape index (κ3) is 4.00. The van der Waals surface area contributed by atoms with Crippen molar-refractivity contribution < 1.29 is 19.4 Å². The third-order valence-electron chi connectivity index (χ3n) is 3.11. The van der Waals surface area contributed by atoms with Crippen molar-refractivity contribution in [3.05, 3.63) is 53.4 Å². The minimum absolute atomic E-state index is 0.00490. The fourth-order valence-electron chi connectivity index (χ4n) is 2.15. The molecule has 0 aliphatic heterocycles. The van der Waals surface area contributed by atoms with E-state index in [9.17, 15) is 14.7 Å². The van der Waals surface area contributed by atoms with E-state index in [0.29, 0.717) is 29.3 Å². The van der Waals surface area contributed by atoms with Gasteiger partial charge in [-0.05, 0) is 32.1 Å². The maximum atomic E-state index is 11.9. The maximum Gasteiger partial charge on any atom is 0.353 e. The van der Waals surface area contributed by atoms with Gasteiger partial charge in [0.2, 0.25) is 5.91 Å². The van der Waals surface area contributed by atoms with Crippen molar-refractivity contribution in [2.24, 2.45) is 0 Å². The molecule has 0 aliphatic carbocycles. The molecule has 1 heterocycles. The highest BCUT2D eigenvalue weighted by Gasteiger charge is 2.19. The van der Waals surface area contributed by atoms with Crippen LogP contribution in [0.25, 0.3) is 6.08 Å². The summed E-state index contributed by atoms with van der Waals surface area (Å²) < 4.78 is 5.47. The molecule has 0 spiro atoms.